The highest BCUT2D eigenvalue weighted by Gasteiger charge is 2.20. The normalized spacial score (nSPS) is 14.0. The largest absolute Gasteiger partial charge is 0.493 e. The molecule has 0 bridgehead atoms. The number of fused-ring (bicyclic) bond motifs is 1. The maximum absolute atomic E-state index is 6.20. The van der Waals surface area contributed by atoms with Crippen molar-refractivity contribution in [3.63, 3.8) is 0 Å². The topological polar surface area (TPSA) is 38.5 Å². The molecule has 2 rings (SSSR count). The van der Waals surface area contributed by atoms with Gasteiger partial charge in [0.15, 0.2) is 0 Å². The summed E-state index contributed by atoms with van der Waals surface area (Å²) in [7, 11) is 0. The Bertz CT molecular complexity index is 434. The average molecular weight is 283 g/mol. The van der Waals surface area contributed by atoms with Gasteiger partial charge in [-0.05, 0) is 51.1 Å². The van der Waals surface area contributed by atoms with Crippen LogP contribution in [0.5, 0.6) is 5.75 Å². The summed E-state index contributed by atoms with van der Waals surface area (Å²) in [6.45, 7) is 7.81. The van der Waals surface area contributed by atoms with Crippen LogP contribution in [0.25, 0.3) is 0 Å². The Morgan fingerprint density at radius 1 is 1.42 bits per heavy atom. The second kappa shape index (κ2) is 6.60. The van der Waals surface area contributed by atoms with Crippen LogP contribution in [-0.2, 0) is 13.0 Å². The van der Waals surface area contributed by atoms with Crippen molar-refractivity contribution in [3.05, 3.63) is 28.3 Å². The third-order valence-electron chi connectivity index (χ3n) is 3.58. The van der Waals surface area contributed by atoms with E-state index in [9.17, 15) is 0 Å². The first-order valence-corrected chi connectivity index (χ1v) is 7.38. The summed E-state index contributed by atoms with van der Waals surface area (Å²) in [4.78, 5) is 2.42. The first-order valence-electron chi connectivity index (χ1n) is 7.00. The van der Waals surface area contributed by atoms with Crippen molar-refractivity contribution >= 4 is 11.6 Å². The smallest absolute Gasteiger partial charge is 0.127 e. The van der Waals surface area contributed by atoms with Gasteiger partial charge in [0.25, 0.3) is 0 Å². The summed E-state index contributed by atoms with van der Waals surface area (Å²) in [6, 6.07) is 4.54. The zero-order valence-electron chi connectivity index (χ0n) is 11.8. The first kappa shape index (κ1) is 14.6. The standard InChI is InChI=1S/C15H23ClN2O/c1-11(2)18(6-3-5-17)10-13-9-14(16)8-12-4-7-19-15(12)13/h8-9,11H,3-7,10,17H2,1-2H3. The van der Waals surface area contributed by atoms with Crippen molar-refractivity contribution < 1.29 is 4.74 Å². The molecule has 0 spiro atoms. The monoisotopic (exact) mass is 282 g/mol. The predicted molar refractivity (Wildman–Crippen MR) is 79.9 cm³/mol. The molecular formula is C15H23ClN2O. The molecule has 19 heavy (non-hydrogen) atoms. The van der Waals surface area contributed by atoms with Gasteiger partial charge < -0.3 is 10.5 Å². The number of halogens is 1. The molecule has 0 saturated heterocycles. The van der Waals surface area contributed by atoms with Gasteiger partial charge in [-0.25, -0.2) is 0 Å². The van der Waals surface area contributed by atoms with Gasteiger partial charge in [0, 0.05) is 29.6 Å². The van der Waals surface area contributed by atoms with Gasteiger partial charge in [-0.15, -0.1) is 0 Å². The molecule has 1 aliphatic rings. The highest BCUT2D eigenvalue weighted by Crippen LogP contribution is 2.33. The Balaban J connectivity index is 2.17. The van der Waals surface area contributed by atoms with Crippen molar-refractivity contribution in [1.82, 2.24) is 4.90 Å². The van der Waals surface area contributed by atoms with Crippen LogP contribution in [0.1, 0.15) is 31.4 Å². The Morgan fingerprint density at radius 2 is 2.21 bits per heavy atom. The lowest BCUT2D eigenvalue weighted by molar-refractivity contribution is 0.208. The molecule has 106 valence electrons. The van der Waals surface area contributed by atoms with E-state index in [4.69, 9.17) is 22.1 Å². The molecule has 1 aliphatic heterocycles. The lowest BCUT2D eigenvalue weighted by atomic mass is 10.1. The maximum Gasteiger partial charge on any atom is 0.127 e. The second-order valence-electron chi connectivity index (χ2n) is 5.36. The van der Waals surface area contributed by atoms with Gasteiger partial charge >= 0.3 is 0 Å². The minimum atomic E-state index is 0.489. The molecular weight excluding hydrogens is 260 g/mol. The van der Waals surface area contributed by atoms with Gasteiger partial charge in [0.1, 0.15) is 5.75 Å². The third-order valence-corrected chi connectivity index (χ3v) is 3.80. The van der Waals surface area contributed by atoms with Gasteiger partial charge in [0.05, 0.1) is 6.61 Å². The lowest BCUT2D eigenvalue weighted by Crippen LogP contribution is -2.32. The molecule has 0 radical (unpaired) electrons. The number of ether oxygens (including phenoxy) is 1. The molecule has 0 unspecified atom stereocenters. The summed E-state index contributed by atoms with van der Waals surface area (Å²) in [6.07, 6.45) is 1.98. The van der Waals surface area contributed by atoms with Gasteiger partial charge in [0.2, 0.25) is 0 Å². The van der Waals surface area contributed by atoms with Crippen LogP contribution in [0.15, 0.2) is 12.1 Å². The third kappa shape index (κ3) is 3.62. The highest BCUT2D eigenvalue weighted by molar-refractivity contribution is 6.30. The Labute approximate surface area is 120 Å². The fourth-order valence-electron chi connectivity index (χ4n) is 2.50. The molecule has 0 saturated carbocycles. The van der Waals surface area contributed by atoms with E-state index in [1.807, 2.05) is 12.1 Å². The van der Waals surface area contributed by atoms with E-state index in [0.29, 0.717) is 6.04 Å². The predicted octanol–water partition coefficient (Wildman–Crippen LogP) is 2.83. The summed E-state index contributed by atoms with van der Waals surface area (Å²) in [5.74, 6) is 1.04. The van der Waals surface area contributed by atoms with Crippen molar-refractivity contribution in [2.75, 3.05) is 19.7 Å². The van der Waals surface area contributed by atoms with Crippen LogP contribution in [0.4, 0.5) is 0 Å². The van der Waals surface area contributed by atoms with Crippen LogP contribution in [0.2, 0.25) is 5.02 Å². The zero-order valence-corrected chi connectivity index (χ0v) is 12.5. The van der Waals surface area contributed by atoms with E-state index in [2.05, 4.69) is 18.7 Å². The van der Waals surface area contributed by atoms with Crippen LogP contribution in [0, 0.1) is 0 Å². The Hall–Kier alpha value is -0.770. The Kier molecular flexibility index (Phi) is 5.08. The van der Waals surface area contributed by atoms with Crippen molar-refractivity contribution in [1.29, 1.82) is 0 Å². The average Bonchev–Trinajstić information content (AvgIpc) is 2.81. The van der Waals surface area contributed by atoms with E-state index >= 15 is 0 Å². The SMILES string of the molecule is CC(C)N(CCCN)Cc1cc(Cl)cc2c1OCC2. The van der Waals surface area contributed by atoms with Gasteiger partial charge in [-0.2, -0.15) is 0 Å². The van der Waals surface area contributed by atoms with Crippen molar-refractivity contribution in [3.8, 4) is 5.75 Å². The summed E-state index contributed by atoms with van der Waals surface area (Å²) < 4.78 is 5.76. The molecule has 1 aromatic rings. The number of nitrogens with two attached hydrogens (primary N) is 1. The summed E-state index contributed by atoms with van der Waals surface area (Å²) in [5, 5.41) is 0.807. The molecule has 1 aromatic carbocycles. The minimum absolute atomic E-state index is 0.489. The second-order valence-corrected chi connectivity index (χ2v) is 5.79. The van der Waals surface area contributed by atoms with E-state index in [1.165, 1.54) is 11.1 Å². The number of benzene rings is 1. The van der Waals surface area contributed by atoms with E-state index in [-0.39, 0.29) is 0 Å². The Morgan fingerprint density at radius 3 is 2.89 bits per heavy atom. The lowest BCUT2D eigenvalue weighted by Gasteiger charge is -2.27. The number of rotatable bonds is 6. The molecule has 0 aliphatic carbocycles. The van der Waals surface area contributed by atoms with Crippen LogP contribution >= 0.6 is 11.6 Å². The van der Waals surface area contributed by atoms with E-state index in [0.717, 1.165) is 49.9 Å². The summed E-state index contributed by atoms with van der Waals surface area (Å²) >= 11 is 6.20. The van der Waals surface area contributed by atoms with Crippen molar-refractivity contribution in [2.24, 2.45) is 5.73 Å². The molecule has 0 atom stereocenters. The summed E-state index contributed by atoms with van der Waals surface area (Å²) in [5.41, 5.74) is 8.05. The molecule has 0 amide bonds. The molecule has 1 heterocycles. The van der Waals surface area contributed by atoms with Gasteiger partial charge in [-0.1, -0.05) is 11.6 Å². The number of nitrogens with zero attached hydrogens (tertiary/aromatic N) is 1. The molecule has 2 N–H and O–H groups in total. The van der Waals surface area contributed by atoms with Crippen LogP contribution in [-0.4, -0.2) is 30.6 Å². The number of hydrogen-bond donors (Lipinski definition) is 1. The highest BCUT2D eigenvalue weighted by atomic mass is 35.5. The van der Waals surface area contributed by atoms with Crippen LogP contribution < -0.4 is 10.5 Å². The fraction of sp³-hybridized carbons (Fsp3) is 0.600. The minimum Gasteiger partial charge on any atom is -0.493 e. The number of hydrogen-bond acceptors (Lipinski definition) is 3. The van der Waals surface area contributed by atoms with Gasteiger partial charge in [-0.3, -0.25) is 4.90 Å². The quantitative estimate of drug-likeness (QED) is 0.872. The molecule has 4 heteroatoms. The van der Waals surface area contributed by atoms with E-state index in [1.54, 1.807) is 0 Å². The van der Waals surface area contributed by atoms with Crippen LogP contribution in [0.3, 0.4) is 0 Å². The fourth-order valence-corrected chi connectivity index (χ4v) is 2.76. The van der Waals surface area contributed by atoms with Crippen molar-refractivity contribution in [2.45, 2.75) is 39.3 Å². The molecule has 3 nitrogen and oxygen atoms in total. The first-order chi connectivity index (χ1) is 9.11. The zero-order chi connectivity index (χ0) is 13.8. The van der Waals surface area contributed by atoms with E-state index < -0.39 is 0 Å². The molecule has 0 fully saturated rings. The maximum atomic E-state index is 6.20. The molecule has 0 aromatic heterocycles.